The van der Waals surface area contributed by atoms with Gasteiger partial charge in [0.25, 0.3) is 5.91 Å². The van der Waals surface area contributed by atoms with Gasteiger partial charge in [0, 0.05) is 40.4 Å². The molecule has 1 amide bonds. The molecule has 0 saturated heterocycles. The van der Waals surface area contributed by atoms with Gasteiger partial charge in [-0.1, -0.05) is 22.8 Å². The number of aromatic amines is 1. The van der Waals surface area contributed by atoms with Gasteiger partial charge in [0.05, 0.1) is 6.54 Å². The molecule has 7 heteroatoms. The van der Waals surface area contributed by atoms with Crippen LogP contribution >= 0.6 is 11.6 Å². The van der Waals surface area contributed by atoms with Crippen LogP contribution in [0.5, 0.6) is 5.75 Å². The highest BCUT2D eigenvalue weighted by Crippen LogP contribution is 2.41. The number of hydrogen-bond donors (Lipinski definition) is 2. The number of carbonyl (C=O) groups is 1. The van der Waals surface area contributed by atoms with Gasteiger partial charge in [0.15, 0.2) is 5.69 Å². The zero-order chi connectivity index (χ0) is 20.0. The number of hydrogen-bond acceptors (Lipinski definition) is 4. The molecule has 5 rings (SSSR count). The molecule has 4 aromatic rings. The average Bonchev–Trinajstić information content (AvgIpc) is 3.43. The largest absolute Gasteiger partial charge is 0.487 e. The van der Waals surface area contributed by atoms with Crippen LogP contribution in [0.25, 0.3) is 22.0 Å². The second kappa shape index (κ2) is 6.97. The molecule has 1 aliphatic heterocycles. The Morgan fingerprint density at radius 3 is 3.00 bits per heavy atom. The fourth-order valence-electron chi connectivity index (χ4n) is 3.71. The van der Waals surface area contributed by atoms with E-state index in [1.54, 1.807) is 13.0 Å². The van der Waals surface area contributed by atoms with Gasteiger partial charge in [-0.3, -0.25) is 4.79 Å². The summed E-state index contributed by atoms with van der Waals surface area (Å²) < 4.78 is 11.2. The molecule has 2 aromatic heterocycles. The van der Waals surface area contributed by atoms with Crippen molar-refractivity contribution in [3.8, 4) is 16.9 Å². The lowest BCUT2D eigenvalue weighted by Gasteiger charge is -2.13. The Hall–Kier alpha value is -3.25. The fraction of sp³-hybridized carbons (Fsp3) is 0.182. The highest BCUT2D eigenvalue weighted by atomic mass is 35.5. The van der Waals surface area contributed by atoms with Crippen LogP contribution in [0.15, 0.2) is 53.2 Å². The molecule has 0 bridgehead atoms. The summed E-state index contributed by atoms with van der Waals surface area (Å²) in [6.07, 6.45) is 2.42. The molecule has 6 nitrogen and oxygen atoms in total. The molecule has 0 radical (unpaired) electrons. The van der Waals surface area contributed by atoms with Crippen molar-refractivity contribution in [2.24, 2.45) is 0 Å². The average molecular weight is 408 g/mol. The highest BCUT2D eigenvalue weighted by Gasteiger charge is 2.27. The standard InChI is InChI=1S/C22H18ClN3O3/c1-12-6-20(26-29-12)22(27)25-11-17-9-15-8-16(23)10-18(21(15)28-17)13-2-3-19-14(7-13)4-5-24-19/h2-8,10,17,24H,9,11H2,1H3,(H,25,27)/t17-/m0/s1. The number of aryl methyl sites for hydroxylation is 1. The van der Waals surface area contributed by atoms with Crippen molar-refractivity contribution in [1.29, 1.82) is 0 Å². The molecule has 0 fully saturated rings. The second-order valence-electron chi connectivity index (χ2n) is 7.20. The summed E-state index contributed by atoms with van der Waals surface area (Å²) in [5.41, 5.74) is 4.38. The van der Waals surface area contributed by atoms with E-state index in [9.17, 15) is 4.79 Å². The van der Waals surface area contributed by atoms with Gasteiger partial charge in [-0.2, -0.15) is 0 Å². The Labute approximate surface area is 171 Å². The van der Waals surface area contributed by atoms with Gasteiger partial charge < -0.3 is 19.6 Å². The maximum absolute atomic E-state index is 12.2. The smallest absolute Gasteiger partial charge is 0.273 e. The quantitative estimate of drug-likeness (QED) is 0.521. The molecule has 29 heavy (non-hydrogen) atoms. The second-order valence-corrected chi connectivity index (χ2v) is 7.63. The van der Waals surface area contributed by atoms with Crippen LogP contribution in [0.3, 0.4) is 0 Å². The minimum absolute atomic E-state index is 0.171. The van der Waals surface area contributed by atoms with E-state index >= 15 is 0 Å². The van der Waals surface area contributed by atoms with E-state index < -0.39 is 0 Å². The molecule has 2 aromatic carbocycles. The maximum atomic E-state index is 12.2. The zero-order valence-electron chi connectivity index (χ0n) is 15.7. The third kappa shape index (κ3) is 3.36. The fourth-order valence-corrected chi connectivity index (χ4v) is 3.95. The van der Waals surface area contributed by atoms with E-state index in [0.717, 1.165) is 33.3 Å². The number of amides is 1. The van der Waals surface area contributed by atoms with Gasteiger partial charge in [0.1, 0.15) is 17.6 Å². The number of benzene rings is 2. The minimum Gasteiger partial charge on any atom is -0.487 e. The first-order chi connectivity index (χ1) is 14.1. The van der Waals surface area contributed by atoms with Crippen molar-refractivity contribution >= 4 is 28.4 Å². The first-order valence-corrected chi connectivity index (χ1v) is 9.73. The normalized spacial score (nSPS) is 15.3. The predicted octanol–water partition coefficient (Wildman–Crippen LogP) is 4.52. The SMILES string of the molecule is Cc1cc(C(=O)NC[C@@H]2Cc3cc(Cl)cc(-c4ccc5[nH]ccc5c4)c3O2)no1. The Bertz CT molecular complexity index is 1230. The lowest BCUT2D eigenvalue weighted by Crippen LogP contribution is -2.34. The van der Waals surface area contributed by atoms with E-state index in [-0.39, 0.29) is 17.7 Å². The van der Waals surface area contributed by atoms with Crippen LogP contribution in [0.1, 0.15) is 21.8 Å². The molecule has 146 valence electrons. The molecule has 1 atom stereocenters. The molecule has 0 saturated carbocycles. The summed E-state index contributed by atoms with van der Waals surface area (Å²) in [6, 6.07) is 13.7. The summed E-state index contributed by atoms with van der Waals surface area (Å²) in [5, 5.41) is 8.39. The summed E-state index contributed by atoms with van der Waals surface area (Å²) >= 11 is 6.38. The molecule has 1 aliphatic rings. The van der Waals surface area contributed by atoms with Gasteiger partial charge in [-0.15, -0.1) is 0 Å². The monoisotopic (exact) mass is 407 g/mol. The lowest BCUT2D eigenvalue weighted by molar-refractivity contribution is 0.0924. The molecule has 3 heterocycles. The van der Waals surface area contributed by atoms with Gasteiger partial charge >= 0.3 is 0 Å². The van der Waals surface area contributed by atoms with Gasteiger partial charge in [-0.25, -0.2) is 0 Å². The number of rotatable bonds is 4. The van der Waals surface area contributed by atoms with Crippen LogP contribution in [0, 0.1) is 6.92 Å². The number of H-pyrrole nitrogens is 1. The third-order valence-electron chi connectivity index (χ3n) is 5.08. The molecular weight excluding hydrogens is 390 g/mol. The Kier molecular flexibility index (Phi) is 4.28. The Morgan fingerprint density at radius 2 is 2.17 bits per heavy atom. The Balaban J connectivity index is 1.37. The minimum atomic E-state index is -0.280. The molecular formula is C22H18ClN3O3. The van der Waals surface area contributed by atoms with Crippen LogP contribution in [0.2, 0.25) is 5.02 Å². The number of nitrogens with one attached hydrogen (secondary N) is 2. The van der Waals surface area contributed by atoms with Crippen molar-refractivity contribution in [2.75, 3.05) is 6.54 Å². The predicted molar refractivity (Wildman–Crippen MR) is 110 cm³/mol. The van der Waals surface area contributed by atoms with E-state index in [2.05, 4.69) is 27.6 Å². The number of aromatic nitrogens is 2. The van der Waals surface area contributed by atoms with Crippen LogP contribution in [-0.2, 0) is 6.42 Å². The number of halogens is 1. The van der Waals surface area contributed by atoms with Crippen LogP contribution in [-0.4, -0.2) is 28.7 Å². The Morgan fingerprint density at radius 1 is 1.28 bits per heavy atom. The number of fused-ring (bicyclic) bond motifs is 2. The summed E-state index contributed by atoms with van der Waals surface area (Å²) in [4.78, 5) is 15.4. The van der Waals surface area contributed by atoms with Crippen LogP contribution < -0.4 is 10.1 Å². The van der Waals surface area contributed by atoms with E-state index in [1.165, 1.54) is 0 Å². The third-order valence-corrected chi connectivity index (χ3v) is 5.30. The summed E-state index contributed by atoms with van der Waals surface area (Å²) in [5.74, 6) is 1.14. The van der Waals surface area contributed by atoms with E-state index in [4.69, 9.17) is 20.9 Å². The van der Waals surface area contributed by atoms with Crippen LogP contribution in [0.4, 0.5) is 0 Å². The lowest BCUT2D eigenvalue weighted by atomic mass is 9.99. The van der Waals surface area contributed by atoms with Crippen molar-refractivity contribution in [2.45, 2.75) is 19.4 Å². The van der Waals surface area contributed by atoms with Crippen molar-refractivity contribution in [1.82, 2.24) is 15.5 Å². The molecule has 2 N–H and O–H groups in total. The number of carbonyl (C=O) groups excluding carboxylic acids is 1. The van der Waals surface area contributed by atoms with E-state index in [1.807, 2.05) is 30.5 Å². The molecule has 0 unspecified atom stereocenters. The maximum Gasteiger partial charge on any atom is 0.273 e. The van der Waals surface area contributed by atoms with Crippen molar-refractivity contribution in [3.05, 3.63) is 70.7 Å². The molecule has 0 spiro atoms. The summed E-state index contributed by atoms with van der Waals surface area (Å²) in [7, 11) is 0. The number of ether oxygens (including phenoxy) is 1. The van der Waals surface area contributed by atoms with E-state index in [0.29, 0.717) is 23.7 Å². The zero-order valence-corrected chi connectivity index (χ0v) is 16.4. The molecule has 0 aliphatic carbocycles. The first-order valence-electron chi connectivity index (χ1n) is 9.35. The first kappa shape index (κ1) is 17.8. The summed E-state index contributed by atoms with van der Waals surface area (Å²) in [6.45, 7) is 2.11. The van der Waals surface area contributed by atoms with Crippen molar-refractivity contribution in [3.63, 3.8) is 0 Å². The number of nitrogens with zero attached hydrogens (tertiary/aromatic N) is 1. The van der Waals surface area contributed by atoms with Gasteiger partial charge in [-0.05, 0) is 48.2 Å². The van der Waals surface area contributed by atoms with Crippen molar-refractivity contribution < 1.29 is 14.1 Å². The topological polar surface area (TPSA) is 80.2 Å². The highest BCUT2D eigenvalue weighted by molar-refractivity contribution is 6.31. The van der Waals surface area contributed by atoms with Gasteiger partial charge in [0.2, 0.25) is 0 Å².